The first-order valence-electron chi connectivity index (χ1n) is 6.12. The molecule has 0 aliphatic carbocycles. The van der Waals surface area contributed by atoms with E-state index in [1.807, 2.05) is 0 Å². The Morgan fingerprint density at radius 3 is 2.90 bits per heavy atom. The number of H-pyrrole nitrogens is 1. The first kappa shape index (κ1) is 13.8. The number of para-hydroxylation sites is 1. The normalized spacial score (nSPS) is 10.8. The lowest BCUT2D eigenvalue weighted by Gasteiger charge is -2.00. The fourth-order valence-electron chi connectivity index (χ4n) is 2.11. The number of halogens is 2. The van der Waals surface area contributed by atoms with E-state index in [1.165, 1.54) is 13.2 Å². The molecule has 0 aliphatic heterocycles. The highest BCUT2D eigenvalue weighted by Gasteiger charge is 2.16. The molecule has 0 fully saturated rings. The molecule has 0 saturated heterocycles. The number of ether oxygens (including phenoxy) is 1. The van der Waals surface area contributed by atoms with Gasteiger partial charge < -0.3 is 9.72 Å². The summed E-state index contributed by atoms with van der Waals surface area (Å²) in [7, 11) is 1.31. The highest BCUT2D eigenvalue weighted by molar-refractivity contribution is 9.10. The average molecular weight is 349 g/mol. The van der Waals surface area contributed by atoms with Crippen LogP contribution in [0.3, 0.4) is 0 Å². The molecule has 0 aliphatic rings. The lowest BCUT2D eigenvalue weighted by Crippen LogP contribution is -2.01. The van der Waals surface area contributed by atoms with Gasteiger partial charge in [0, 0.05) is 4.47 Å². The molecule has 6 heteroatoms. The second-order valence-corrected chi connectivity index (χ2v) is 5.32. The van der Waals surface area contributed by atoms with E-state index < -0.39 is 11.8 Å². The summed E-state index contributed by atoms with van der Waals surface area (Å²) >= 11 is 3.30. The van der Waals surface area contributed by atoms with Gasteiger partial charge in [-0.15, -0.1) is 0 Å². The van der Waals surface area contributed by atoms with Gasteiger partial charge in [-0.25, -0.2) is 14.2 Å². The number of aromatic nitrogens is 2. The van der Waals surface area contributed by atoms with Gasteiger partial charge >= 0.3 is 5.97 Å². The average Bonchev–Trinajstić information content (AvgIpc) is 2.92. The van der Waals surface area contributed by atoms with Gasteiger partial charge in [-0.05, 0) is 30.3 Å². The molecule has 3 aromatic rings. The van der Waals surface area contributed by atoms with Crippen LogP contribution < -0.4 is 0 Å². The first-order valence-corrected chi connectivity index (χ1v) is 6.92. The number of carbonyl (C=O) groups excluding carboxylic acids is 1. The van der Waals surface area contributed by atoms with Crippen molar-refractivity contribution in [1.29, 1.82) is 0 Å². The zero-order valence-electron chi connectivity index (χ0n) is 11.0. The van der Waals surface area contributed by atoms with E-state index >= 15 is 0 Å². The number of rotatable bonds is 2. The Morgan fingerprint density at radius 1 is 1.33 bits per heavy atom. The van der Waals surface area contributed by atoms with Crippen LogP contribution in [-0.4, -0.2) is 23.0 Å². The minimum absolute atomic E-state index is 0.330. The number of carbonyl (C=O) groups is 1. The fourth-order valence-corrected chi connectivity index (χ4v) is 2.47. The second kappa shape index (κ2) is 5.29. The van der Waals surface area contributed by atoms with E-state index in [1.54, 1.807) is 30.3 Å². The third-order valence-corrected chi connectivity index (χ3v) is 3.59. The standard InChI is InChI=1S/C15H10BrFN2O2/c1-21-15(20)9-3-2-4-12-13(9)19-14(18-12)10-7-8(16)5-6-11(10)17/h2-7H,1H3,(H,18,19). The van der Waals surface area contributed by atoms with Crippen LogP contribution >= 0.6 is 15.9 Å². The number of esters is 1. The zero-order valence-corrected chi connectivity index (χ0v) is 12.6. The summed E-state index contributed by atoms with van der Waals surface area (Å²) in [5, 5.41) is 0. The minimum atomic E-state index is -0.478. The summed E-state index contributed by atoms with van der Waals surface area (Å²) in [6, 6.07) is 9.71. The fraction of sp³-hybridized carbons (Fsp3) is 0.0667. The van der Waals surface area contributed by atoms with Crippen molar-refractivity contribution in [2.75, 3.05) is 7.11 Å². The van der Waals surface area contributed by atoms with Crippen molar-refractivity contribution >= 4 is 32.9 Å². The summed E-state index contributed by atoms with van der Waals surface area (Å²) in [5.41, 5.74) is 1.77. The molecule has 1 N–H and O–H groups in total. The molecular weight excluding hydrogens is 339 g/mol. The molecule has 2 aromatic carbocycles. The maximum Gasteiger partial charge on any atom is 0.340 e. The predicted octanol–water partition coefficient (Wildman–Crippen LogP) is 3.92. The Kier molecular flexibility index (Phi) is 3.47. The monoisotopic (exact) mass is 348 g/mol. The number of nitrogens with zero attached hydrogens (tertiary/aromatic N) is 1. The van der Waals surface area contributed by atoms with E-state index in [9.17, 15) is 9.18 Å². The topological polar surface area (TPSA) is 55.0 Å². The molecule has 0 atom stereocenters. The molecule has 0 unspecified atom stereocenters. The third kappa shape index (κ3) is 2.42. The Balaban J connectivity index is 2.22. The van der Waals surface area contributed by atoms with E-state index in [0.29, 0.717) is 28.0 Å². The highest BCUT2D eigenvalue weighted by atomic mass is 79.9. The molecule has 4 nitrogen and oxygen atoms in total. The molecule has 3 rings (SSSR count). The van der Waals surface area contributed by atoms with Crippen molar-refractivity contribution in [2.45, 2.75) is 0 Å². The van der Waals surface area contributed by atoms with Crippen molar-refractivity contribution in [3.8, 4) is 11.4 Å². The zero-order chi connectivity index (χ0) is 15.0. The van der Waals surface area contributed by atoms with Crippen LogP contribution in [-0.2, 0) is 4.74 Å². The second-order valence-electron chi connectivity index (χ2n) is 4.40. The number of aromatic amines is 1. The van der Waals surface area contributed by atoms with Gasteiger partial charge in [-0.2, -0.15) is 0 Å². The Bertz CT molecular complexity index is 845. The SMILES string of the molecule is COC(=O)c1cccc2[nH]c(-c3cc(Br)ccc3F)nc12. The maximum atomic E-state index is 13.9. The van der Waals surface area contributed by atoms with Gasteiger partial charge in [0.25, 0.3) is 0 Å². The molecule has 0 radical (unpaired) electrons. The largest absolute Gasteiger partial charge is 0.465 e. The first-order chi connectivity index (χ1) is 10.1. The Labute approximate surface area is 128 Å². The minimum Gasteiger partial charge on any atom is -0.465 e. The van der Waals surface area contributed by atoms with Crippen LogP contribution in [0, 0.1) is 5.82 Å². The smallest absolute Gasteiger partial charge is 0.340 e. The Morgan fingerprint density at radius 2 is 2.14 bits per heavy atom. The Hall–Kier alpha value is -2.21. The summed E-state index contributed by atoms with van der Waals surface area (Å²) in [4.78, 5) is 19.1. The third-order valence-electron chi connectivity index (χ3n) is 3.10. The van der Waals surface area contributed by atoms with Crippen LogP contribution in [0.2, 0.25) is 0 Å². The van der Waals surface area contributed by atoms with Crippen molar-refractivity contribution in [2.24, 2.45) is 0 Å². The number of imidazole rings is 1. The van der Waals surface area contributed by atoms with Crippen molar-refractivity contribution in [3.05, 3.63) is 52.3 Å². The lowest BCUT2D eigenvalue weighted by atomic mass is 10.2. The van der Waals surface area contributed by atoms with Gasteiger partial charge in [0.2, 0.25) is 0 Å². The van der Waals surface area contributed by atoms with Gasteiger partial charge in [0.15, 0.2) is 0 Å². The van der Waals surface area contributed by atoms with E-state index in [2.05, 4.69) is 25.9 Å². The van der Waals surface area contributed by atoms with E-state index in [-0.39, 0.29) is 0 Å². The van der Waals surface area contributed by atoms with Crippen LogP contribution in [0.1, 0.15) is 10.4 Å². The van der Waals surface area contributed by atoms with Crippen LogP contribution in [0.15, 0.2) is 40.9 Å². The summed E-state index contributed by atoms with van der Waals surface area (Å²) in [6.45, 7) is 0. The maximum absolute atomic E-state index is 13.9. The molecule has 0 spiro atoms. The van der Waals surface area contributed by atoms with Crippen molar-refractivity contribution < 1.29 is 13.9 Å². The number of fused-ring (bicyclic) bond motifs is 1. The van der Waals surface area contributed by atoms with E-state index in [4.69, 9.17) is 4.74 Å². The molecule has 0 saturated carbocycles. The van der Waals surface area contributed by atoms with Crippen molar-refractivity contribution in [1.82, 2.24) is 9.97 Å². The van der Waals surface area contributed by atoms with Gasteiger partial charge in [-0.3, -0.25) is 0 Å². The molecule has 0 bridgehead atoms. The number of benzene rings is 2. The van der Waals surface area contributed by atoms with Gasteiger partial charge in [0.1, 0.15) is 17.2 Å². The van der Waals surface area contributed by atoms with Crippen molar-refractivity contribution in [3.63, 3.8) is 0 Å². The summed E-state index contributed by atoms with van der Waals surface area (Å²) in [5.74, 6) is -0.509. The van der Waals surface area contributed by atoms with Crippen LogP contribution in [0.4, 0.5) is 4.39 Å². The van der Waals surface area contributed by atoms with Crippen LogP contribution in [0.25, 0.3) is 22.4 Å². The summed E-state index contributed by atoms with van der Waals surface area (Å²) in [6.07, 6.45) is 0. The predicted molar refractivity (Wildman–Crippen MR) is 80.5 cm³/mol. The van der Waals surface area contributed by atoms with Gasteiger partial charge in [0.05, 0.1) is 23.8 Å². The molecule has 0 amide bonds. The molecule has 1 heterocycles. The summed E-state index contributed by atoms with van der Waals surface area (Å²) < 4.78 is 19.4. The highest BCUT2D eigenvalue weighted by Crippen LogP contribution is 2.27. The van der Waals surface area contributed by atoms with Gasteiger partial charge in [-0.1, -0.05) is 22.0 Å². The number of methoxy groups -OCH3 is 1. The number of hydrogen-bond acceptors (Lipinski definition) is 3. The number of nitrogens with one attached hydrogen (secondary N) is 1. The number of hydrogen-bond donors (Lipinski definition) is 1. The lowest BCUT2D eigenvalue weighted by molar-refractivity contribution is 0.0603. The molecule has 1 aromatic heterocycles. The molecular formula is C15H10BrFN2O2. The quantitative estimate of drug-likeness (QED) is 0.714. The molecule has 106 valence electrons. The molecule has 21 heavy (non-hydrogen) atoms. The van der Waals surface area contributed by atoms with Crippen LogP contribution in [0.5, 0.6) is 0 Å². The van der Waals surface area contributed by atoms with E-state index in [0.717, 1.165) is 4.47 Å².